The van der Waals surface area contributed by atoms with E-state index in [-0.39, 0.29) is 12.5 Å². The summed E-state index contributed by atoms with van der Waals surface area (Å²) < 4.78 is 0. The van der Waals surface area contributed by atoms with Crippen molar-refractivity contribution in [2.45, 2.75) is 19.3 Å². The van der Waals surface area contributed by atoms with Gasteiger partial charge in [-0.2, -0.15) is 0 Å². The molecule has 28 heavy (non-hydrogen) atoms. The molecule has 0 atom stereocenters. The molecule has 0 fully saturated rings. The Hall–Kier alpha value is -3.34. The molecular formula is C23H22N2O3. The first-order valence-corrected chi connectivity index (χ1v) is 9.52. The van der Waals surface area contributed by atoms with E-state index in [1.54, 1.807) is 0 Å². The number of benzene rings is 4. The Kier molecular flexibility index (Phi) is 4.98. The Balaban J connectivity index is 1.47. The largest absolute Gasteiger partial charge is 0.465 e. The number of carbonyl (C=O) groups excluding carboxylic acids is 1. The van der Waals surface area contributed by atoms with Crippen LogP contribution < -0.4 is 10.6 Å². The van der Waals surface area contributed by atoms with Crippen LogP contribution in [0.15, 0.2) is 54.6 Å². The topological polar surface area (TPSA) is 78.4 Å². The number of nitrogens with one attached hydrogen (secondary N) is 2. The van der Waals surface area contributed by atoms with Crippen LogP contribution >= 0.6 is 0 Å². The summed E-state index contributed by atoms with van der Waals surface area (Å²) in [6.45, 7) is 0.528. The van der Waals surface area contributed by atoms with Crippen molar-refractivity contribution < 1.29 is 14.7 Å². The Morgan fingerprint density at radius 3 is 2.18 bits per heavy atom. The standard InChI is InChI=1S/C23H22N2O3/c26-20(24-13-14-25-23(27)28)6-2-3-15-7-8-18-10-9-16-4-1-5-17-11-12-19(15)22(18)21(16)17/h1,4-5,7-12,25H,2-3,6,13-14H2,(H,24,26)(H,27,28). The third kappa shape index (κ3) is 3.56. The summed E-state index contributed by atoms with van der Waals surface area (Å²) in [6.07, 6.45) is 0.926. The lowest BCUT2D eigenvalue weighted by atomic mass is 9.90. The third-order valence-corrected chi connectivity index (χ3v) is 5.19. The van der Waals surface area contributed by atoms with Gasteiger partial charge in [-0.25, -0.2) is 4.79 Å². The molecule has 0 radical (unpaired) electrons. The lowest BCUT2D eigenvalue weighted by Gasteiger charge is -2.14. The SMILES string of the molecule is O=C(O)NCCNC(=O)CCCc1ccc2ccc3cccc4ccc1c2c34. The first-order chi connectivity index (χ1) is 13.6. The first-order valence-electron chi connectivity index (χ1n) is 9.52. The number of carboxylic acid groups (broad SMARTS) is 1. The Labute approximate surface area is 162 Å². The predicted octanol–water partition coefficient (Wildman–Crippen LogP) is 4.29. The summed E-state index contributed by atoms with van der Waals surface area (Å²) in [5.74, 6) is -0.0510. The molecule has 0 saturated heterocycles. The molecule has 4 aromatic rings. The second kappa shape index (κ2) is 7.72. The van der Waals surface area contributed by atoms with Gasteiger partial charge in [0.05, 0.1) is 0 Å². The second-order valence-corrected chi connectivity index (χ2v) is 7.02. The van der Waals surface area contributed by atoms with Crippen molar-refractivity contribution in [3.8, 4) is 0 Å². The number of rotatable bonds is 7. The van der Waals surface area contributed by atoms with E-state index in [1.165, 1.54) is 37.9 Å². The zero-order valence-corrected chi connectivity index (χ0v) is 15.5. The molecule has 4 aromatic carbocycles. The van der Waals surface area contributed by atoms with Crippen molar-refractivity contribution in [1.82, 2.24) is 10.6 Å². The minimum atomic E-state index is -1.08. The molecule has 2 amide bonds. The number of hydrogen-bond donors (Lipinski definition) is 3. The molecular weight excluding hydrogens is 352 g/mol. The summed E-state index contributed by atoms with van der Waals surface area (Å²) >= 11 is 0. The van der Waals surface area contributed by atoms with E-state index < -0.39 is 6.09 Å². The predicted molar refractivity (Wildman–Crippen MR) is 112 cm³/mol. The van der Waals surface area contributed by atoms with E-state index in [0.717, 1.165) is 12.8 Å². The fourth-order valence-corrected chi connectivity index (χ4v) is 3.91. The van der Waals surface area contributed by atoms with Gasteiger partial charge >= 0.3 is 6.09 Å². The quantitative estimate of drug-likeness (QED) is 0.333. The zero-order chi connectivity index (χ0) is 19.5. The monoisotopic (exact) mass is 374 g/mol. The van der Waals surface area contributed by atoms with Crippen LogP contribution in [0.5, 0.6) is 0 Å². The maximum absolute atomic E-state index is 11.9. The highest BCUT2D eigenvalue weighted by molar-refractivity contribution is 6.23. The van der Waals surface area contributed by atoms with Crippen LogP contribution in [0.25, 0.3) is 32.3 Å². The molecule has 0 aliphatic carbocycles. The Bertz CT molecular complexity index is 1140. The normalized spacial score (nSPS) is 11.3. The number of aryl methyl sites for hydroxylation is 1. The molecule has 3 N–H and O–H groups in total. The van der Waals surface area contributed by atoms with Gasteiger partial charge in [0.25, 0.3) is 0 Å². The van der Waals surface area contributed by atoms with Crippen molar-refractivity contribution in [3.63, 3.8) is 0 Å². The van der Waals surface area contributed by atoms with Gasteiger partial charge in [-0.05, 0) is 50.7 Å². The van der Waals surface area contributed by atoms with Gasteiger partial charge in [0.1, 0.15) is 0 Å². The highest BCUT2D eigenvalue weighted by atomic mass is 16.4. The molecule has 0 aliphatic rings. The van der Waals surface area contributed by atoms with Gasteiger partial charge in [-0.15, -0.1) is 0 Å². The van der Waals surface area contributed by atoms with Crippen molar-refractivity contribution in [1.29, 1.82) is 0 Å². The van der Waals surface area contributed by atoms with Gasteiger partial charge in [-0.3, -0.25) is 4.79 Å². The van der Waals surface area contributed by atoms with Crippen LogP contribution in [0.4, 0.5) is 4.79 Å². The highest BCUT2D eigenvalue weighted by Crippen LogP contribution is 2.36. The summed E-state index contributed by atoms with van der Waals surface area (Å²) in [7, 11) is 0. The summed E-state index contributed by atoms with van der Waals surface area (Å²) in [5.41, 5.74) is 1.26. The van der Waals surface area contributed by atoms with Crippen molar-refractivity contribution in [2.24, 2.45) is 0 Å². The molecule has 5 heteroatoms. The lowest BCUT2D eigenvalue weighted by molar-refractivity contribution is -0.121. The minimum Gasteiger partial charge on any atom is -0.465 e. The summed E-state index contributed by atoms with van der Waals surface area (Å²) in [5, 5.41) is 21.1. The number of hydrogen-bond acceptors (Lipinski definition) is 2. The van der Waals surface area contributed by atoms with Crippen molar-refractivity contribution in [2.75, 3.05) is 13.1 Å². The van der Waals surface area contributed by atoms with Crippen LogP contribution in [0, 0.1) is 0 Å². The molecule has 142 valence electrons. The van der Waals surface area contributed by atoms with E-state index in [4.69, 9.17) is 5.11 Å². The average molecular weight is 374 g/mol. The van der Waals surface area contributed by atoms with E-state index in [9.17, 15) is 9.59 Å². The minimum absolute atomic E-state index is 0.0510. The van der Waals surface area contributed by atoms with Crippen LogP contribution in [0.2, 0.25) is 0 Å². The number of carbonyl (C=O) groups is 2. The van der Waals surface area contributed by atoms with Crippen LogP contribution in [0.1, 0.15) is 18.4 Å². The van der Waals surface area contributed by atoms with Crippen LogP contribution in [0.3, 0.4) is 0 Å². The summed E-state index contributed by atoms with van der Waals surface area (Å²) in [4.78, 5) is 22.3. The first kappa shape index (κ1) is 18.0. The molecule has 0 unspecified atom stereocenters. The molecule has 0 aromatic heterocycles. The Morgan fingerprint density at radius 1 is 0.786 bits per heavy atom. The maximum Gasteiger partial charge on any atom is 0.404 e. The highest BCUT2D eigenvalue weighted by Gasteiger charge is 2.11. The second-order valence-electron chi connectivity index (χ2n) is 7.02. The van der Waals surface area contributed by atoms with E-state index in [0.29, 0.717) is 13.0 Å². The number of amides is 2. The molecule has 0 spiro atoms. The van der Waals surface area contributed by atoms with E-state index in [1.807, 2.05) is 0 Å². The smallest absolute Gasteiger partial charge is 0.404 e. The molecule has 0 aliphatic heterocycles. The fraction of sp³-hybridized carbons (Fsp3) is 0.217. The Morgan fingerprint density at radius 2 is 1.43 bits per heavy atom. The zero-order valence-electron chi connectivity index (χ0n) is 15.5. The molecule has 4 rings (SSSR count). The maximum atomic E-state index is 11.9. The molecule has 0 bridgehead atoms. The molecule has 5 nitrogen and oxygen atoms in total. The summed E-state index contributed by atoms with van der Waals surface area (Å²) in [6, 6.07) is 19.4. The molecule has 0 saturated carbocycles. The van der Waals surface area contributed by atoms with E-state index >= 15 is 0 Å². The van der Waals surface area contributed by atoms with Crippen LogP contribution in [-0.2, 0) is 11.2 Å². The fourth-order valence-electron chi connectivity index (χ4n) is 3.91. The van der Waals surface area contributed by atoms with Crippen molar-refractivity contribution >= 4 is 44.3 Å². The van der Waals surface area contributed by atoms with Crippen molar-refractivity contribution in [3.05, 3.63) is 60.2 Å². The van der Waals surface area contributed by atoms with Gasteiger partial charge in [-0.1, -0.05) is 54.6 Å². The molecule has 0 heterocycles. The van der Waals surface area contributed by atoms with Gasteiger partial charge < -0.3 is 15.7 Å². The van der Waals surface area contributed by atoms with E-state index in [2.05, 4.69) is 65.2 Å². The third-order valence-electron chi connectivity index (χ3n) is 5.19. The van der Waals surface area contributed by atoms with Gasteiger partial charge in [0.15, 0.2) is 0 Å². The van der Waals surface area contributed by atoms with Crippen LogP contribution in [-0.4, -0.2) is 30.2 Å². The average Bonchev–Trinajstić information content (AvgIpc) is 2.70. The lowest BCUT2D eigenvalue weighted by Crippen LogP contribution is -2.33. The van der Waals surface area contributed by atoms with Gasteiger partial charge in [0, 0.05) is 19.5 Å². The van der Waals surface area contributed by atoms with Gasteiger partial charge in [0.2, 0.25) is 5.91 Å².